The number of rotatable bonds is 7. The number of anilines is 1. The summed E-state index contributed by atoms with van der Waals surface area (Å²) >= 11 is 0. The zero-order valence-electron chi connectivity index (χ0n) is 17.8. The Hall–Kier alpha value is -1.51. The third-order valence-electron chi connectivity index (χ3n) is 5.01. The van der Waals surface area contributed by atoms with Gasteiger partial charge in [0, 0.05) is 32.4 Å². The van der Waals surface area contributed by atoms with Crippen molar-refractivity contribution < 1.29 is 4.79 Å². The maximum absolute atomic E-state index is 12.0. The van der Waals surface area contributed by atoms with Crippen LogP contribution in [-0.2, 0) is 4.79 Å². The number of carbonyl (C=O) groups excluding carboxylic acids is 1. The van der Waals surface area contributed by atoms with E-state index in [9.17, 15) is 4.79 Å². The molecule has 158 valence electrons. The highest BCUT2D eigenvalue weighted by Crippen LogP contribution is 2.24. The van der Waals surface area contributed by atoms with Crippen molar-refractivity contribution in [2.45, 2.75) is 46.6 Å². The highest BCUT2D eigenvalue weighted by molar-refractivity contribution is 14.0. The van der Waals surface area contributed by atoms with Crippen molar-refractivity contribution in [2.75, 3.05) is 38.1 Å². The van der Waals surface area contributed by atoms with Crippen molar-refractivity contribution >= 4 is 41.5 Å². The van der Waals surface area contributed by atoms with Crippen LogP contribution >= 0.6 is 24.0 Å². The fourth-order valence-corrected chi connectivity index (χ4v) is 3.26. The molecule has 1 saturated heterocycles. The number of hydrogen-bond acceptors (Lipinski definition) is 3. The van der Waals surface area contributed by atoms with Crippen molar-refractivity contribution in [3.63, 3.8) is 0 Å². The first-order chi connectivity index (χ1) is 12.9. The number of hydrogen-bond donors (Lipinski definition) is 3. The lowest BCUT2D eigenvalue weighted by molar-refractivity contribution is -0.128. The lowest BCUT2D eigenvalue weighted by atomic mass is 9.93. The Kier molecular flexibility index (Phi) is 10.1. The third-order valence-corrected chi connectivity index (χ3v) is 5.01. The molecular weight excluding hydrogens is 465 g/mol. The molecule has 0 radical (unpaired) electrons. The predicted octanol–water partition coefficient (Wildman–Crippen LogP) is 3.29. The summed E-state index contributed by atoms with van der Waals surface area (Å²) in [6.45, 7) is 11.5. The standard InChI is InChI=1S/C21H35N5O.HI/c1-6-23-20(24-15-21(3,4)19(27)22-5)25-16(2)17-10-9-11-18(14-17)26-12-7-8-13-26;/h9-11,14,16H,6-8,12-13,15H2,1-5H3,(H,22,27)(H2,23,24,25);1H. The van der Waals surface area contributed by atoms with E-state index in [1.807, 2.05) is 20.8 Å². The fourth-order valence-electron chi connectivity index (χ4n) is 3.26. The minimum Gasteiger partial charge on any atom is -0.372 e. The van der Waals surface area contributed by atoms with E-state index in [-0.39, 0.29) is 35.9 Å². The van der Waals surface area contributed by atoms with Gasteiger partial charge in [-0.1, -0.05) is 12.1 Å². The molecule has 1 amide bonds. The summed E-state index contributed by atoms with van der Waals surface area (Å²) < 4.78 is 0. The van der Waals surface area contributed by atoms with E-state index in [0.29, 0.717) is 6.54 Å². The number of aliphatic imine (C=N–C) groups is 1. The second-order valence-corrected chi connectivity index (χ2v) is 7.81. The fraction of sp³-hybridized carbons (Fsp3) is 0.619. The Labute approximate surface area is 187 Å². The molecule has 6 nitrogen and oxygen atoms in total. The molecule has 1 aliphatic heterocycles. The van der Waals surface area contributed by atoms with Crippen LogP contribution in [0.1, 0.15) is 52.1 Å². The number of nitrogens with zero attached hydrogens (tertiary/aromatic N) is 2. The van der Waals surface area contributed by atoms with E-state index < -0.39 is 5.41 Å². The number of amides is 1. The van der Waals surface area contributed by atoms with Gasteiger partial charge in [0.1, 0.15) is 0 Å². The highest BCUT2D eigenvalue weighted by atomic mass is 127. The van der Waals surface area contributed by atoms with Crippen LogP contribution in [0.4, 0.5) is 5.69 Å². The molecule has 0 aliphatic carbocycles. The number of benzene rings is 1. The van der Waals surface area contributed by atoms with Gasteiger partial charge in [-0.15, -0.1) is 24.0 Å². The normalized spacial score (nSPS) is 15.6. The number of nitrogens with one attached hydrogen (secondary N) is 3. The summed E-state index contributed by atoms with van der Waals surface area (Å²) in [5.74, 6) is 0.724. The Balaban J connectivity index is 0.00000392. The molecule has 1 aromatic carbocycles. The molecular formula is C21H36IN5O. The summed E-state index contributed by atoms with van der Waals surface area (Å²) in [7, 11) is 1.66. The van der Waals surface area contributed by atoms with Crippen LogP contribution in [0, 0.1) is 5.41 Å². The molecule has 1 unspecified atom stereocenters. The Morgan fingerprint density at radius 2 is 1.96 bits per heavy atom. The van der Waals surface area contributed by atoms with Gasteiger partial charge in [0.25, 0.3) is 0 Å². The minimum atomic E-state index is -0.546. The smallest absolute Gasteiger partial charge is 0.227 e. The van der Waals surface area contributed by atoms with Crippen LogP contribution in [0.2, 0.25) is 0 Å². The Morgan fingerprint density at radius 3 is 2.57 bits per heavy atom. The van der Waals surface area contributed by atoms with Gasteiger partial charge in [-0.2, -0.15) is 0 Å². The molecule has 28 heavy (non-hydrogen) atoms. The van der Waals surface area contributed by atoms with Gasteiger partial charge in [-0.25, -0.2) is 0 Å². The lowest BCUT2D eigenvalue weighted by Gasteiger charge is -2.24. The Morgan fingerprint density at radius 1 is 1.29 bits per heavy atom. The van der Waals surface area contributed by atoms with Gasteiger partial charge in [-0.3, -0.25) is 9.79 Å². The average Bonchev–Trinajstić information content (AvgIpc) is 3.20. The average molecular weight is 501 g/mol. The molecule has 0 bridgehead atoms. The summed E-state index contributed by atoms with van der Waals surface area (Å²) in [6.07, 6.45) is 2.55. The topological polar surface area (TPSA) is 68.8 Å². The van der Waals surface area contributed by atoms with Crippen molar-refractivity contribution in [2.24, 2.45) is 10.4 Å². The predicted molar refractivity (Wildman–Crippen MR) is 129 cm³/mol. The summed E-state index contributed by atoms with van der Waals surface area (Å²) in [5.41, 5.74) is 1.98. The number of halogens is 1. The lowest BCUT2D eigenvalue weighted by Crippen LogP contribution is -2.41. The number of carbonyl (C=O) groups is 1. The molecule has 1 heterocycles. The van der Waals surface area contributed by atoms with Gasteiger partial charge in [-0.05, 0) is 58.2 Å². The van der Waals surface area contributed by atoms with E-state index in [1.165, 1.54) is 24.1 Å². The third kappa shape index (κ3) is 6.83. The van der Waals surface area contributed by atoms with Crippen molar-refractivity contribution in [3.8, 4) is 0 Å². The van der Waals surface area contributed by atoms with Crippen LogP contribution in [0.5, 0.6) is 0 Å². The molecule has 0 saturated carbocycles. The van der Waals surface area contributed by atoms with E-state index >= 15 is 0 Å². The van der Waals surface area contributed by atoms with E-state index in [2.05, 4.69) is 57.0 Å². The van der Waals surface area contributed by atoms with Gasteiger partial charge < -0.3 is 20.9 Å². The van der Waals surface area contributed by atoms with Gasteiger partial charge >= 0.3 is 0 Å². The first-order valence-corrected chi connectivity index (χ1v) is 9.99. The zero-order chi connectivity index (χ0) is 19.9. The van der Waals surface area contributed by atoms with E-state index in [1.54, 1.807) is 7.05 Å². The van der Waals surface area contributed by atoms with E-state index in [0.717, 1.165) is 25.6 Å². The molecule has 0 spiro atoms. The number of guanidine groups is 1. The molecule has 0 aromatic heterocycles. The molecule has 3 N–H and O–H groups in total. The molecule has 1 fully saturated rings. The van der Waals surface area contributed by atoms with Crippen molar-refractivity contribution in [1.29, 1.82) is 0 Å². The molecule has 1 aliphatic rings. The first-order valence-electron chi connectivity index (χ1n) is 9.99. The summed E-state index contributed by atoms with van der Waals surface area (Å²) in [5, 5.41) is 9.46. The van der Waals surface area contributed by atoms with Crippen LogP contribution in [0.25, 0.3) is 0 Å². The van der Waals surface area contributed by atoms with Crippen molar-refractivity contribution in [1.82, 2.24) is 16.0 Å². The first kappa shape index (κ1) is 24.5. The summed E-state index contributed by atoms with van der Waals surface area (Å²) in [6, 6.07) is 8.84. The molecule has 1 aromatic rings. The van der Waals surface area contributed by atoms with Crippen LogP contribution < -0.4 is 20.9 Å². The van der Waals surface area contributed by atoms with Gasteiger partial charge in [0.2, 0.25) is 5.91 Å². The van der Waals surface area contributed by atoms with Gasteiger partial charge in [0.15, 0.2) is 5.96 Å². The Bertz CT molecular complexity index is 656. The van der Waals surface area contributed by atoms with Gasteiger partial charge in [0.05, 0.1) is 18.0 Å². The second kappa shape index (κ2) is 11.5. The monoisotopic (exact) mass is 501 g/mol. The van der Waals surface area contributed by atoms with Crippen molar-refractivity contribution in [3.05, 3.63) is 29.8 Å². The van der Waals surface area contributed by atoms with E-state index in [4.69, 9.17) is 0 Å². The zero-order valence-corrected chi connectivity index (χ0v) is 20.2. The minimum absolute atomic E-state index is 0. The van der Waals surface area contributed by atoms with Crippen LogP contribution in [0.15, 0.2) is 29.3 Å². The second-order valence-electron chi connectivity index (χ2n) is 7.81. The molecule has 1 atom stereocenters. The maximum atomic E-state index is 12.0. The summed E-state index contributed by atoms with van der Waals surface area (Å²) in [4.78, 5) is 19.1. The van der Waals surface area contributed by atoms with Crippen LogP contribution in [-0.4, -0.2) is 45.1 Å². The largest absolute Gasteiger partial charge is 0.372 e. The quantitative estimate of drug-likeness (QED) is 0.305. The molecule has 7 heteroatoms. The van der Waals surface area contributed by atoms with Crippen LogP contribution in [0.3, 0.4) is 0 Å². The SMILES string of the molecule is CCNC(=NCC(C)(C)C(=O)NC)NC(C)c1cccc(N2CCCC2)c1.I. The highest BCUT2D eigenvalue weighted by Gasteiger charge is 2.26. The maximum Gasteiger partial charge on any atom is 0.227 e. The molecule has 2 rings (SSSR count).